The highest BCUT2D eigenvalue weighted by atomic mass is 16.5. The zero-order valence-corrected chi connectivity index (χ0v) is 11.6. The van der Waals surface area contributed by atoms with E-state index in [4.69, 9.17) is 4.74 Å². The second kappa shape index (κ2) is 5.57. The molecule has 0 unspecified atom stereocenters. The lowest BCUT2D eigenvalue weighted by Gasteiger charge is -2.24. The van der Waals surface area contributed by atoms with Gasteiger partial charge in [-0.15, -0.1) is 0 Å². The highest BCUT2D eigenvalue weighted by Gasteiger charge is 2.14. The highest BCUT2D eigenvalue weighted by Crippen LogP contribution is 2.18. The summed E-state index contributed by atoms with van der Waals surface area (Å²) in [7, 11) is 0. The van der Waals surface area contributed by atoms with Gasteiger partial charge in [-0.25, -0.2) is 4.98 Å². The van der Waals surface area contributed by atoms with Crippen LogP contribution in [0.15, 0.2) is 18.2 Å². The predicted molar refractivity (Wildman–Crippen MR) is 75.3 cm³/mol. The smallest absolute Gasteiger partial charge is 0.131 e. The van der Waals surface area contributed by atoms with Gasteiger partial charge in [0.1, 0.15) is 11.6 Å². The standard InChI is InChI=1S/C14H23N3O/c1-14(2,3)16-12-6-4-7-13(15-12)17-8-5-10-18-11-9-17/h4,6-7H,5,8-11H2,1-3H3,(H,15,16). The molecule has 100 valence electrons. The van der Waals surface area contributed by atoms with Crippen molar-refractivity contribution in [1.29, 1.82) is 0 Å². The zero-order chi connectivity index (χ0) is 13.0. The van der Waals surface area contributed by atoms with E-state index in [0.717, 1.165) is 44.4 Å². The molecule has 1 fully saturated rings. The second-order valence-corrected chi connectivity index (χ2v) is 5.71. The maximum Gasteiger partial charge on any atom is 0.131 e. The Morgan fingerprint density at radius 1 is 1.22 bits per heavy atom. The van der Waals surface area contributed by atoms with E-state index in [1.54, 1.807) is 0 Å². The molecule has 0 aliphatic carbocycles. The molecule has 4 nitrogen and oxygen atoms in total. The number of rotatable bonds is 2. The summed E-state index contributed by atoms with van der Waals surface area (Å²) < 4.78 is 5.47. The monoisotopic (exact) mass is 249 g/mol. The van der Waals surface area contributed by atoms with Gasteiger partial charge in [-0.05, 0) is 39.3 Å². The van der Waals surface area contributed by atoms with Crippen molar-refractivity contribution < 1.29 is 4.74 Å². The number of nitrogens with one attached hydrogen (secondary N) is 1. The summed E-state index contributed by atoms with van der Waals surface area (Å²) in [6.45, 7) is 10.0. The third kappa shape index (κ3) is 3.88. The Morgan fingerprint density at radius 3 is 2.83 bits per heavy atom. The summed E-state index contributed by atoms with van der Waals surface area (Å²) in [6.07, 6.45) is 1.07. The number of nitrogens with zero attached hydrogens (tertiary/aromatic N) is 2. The van der Waals surface area contributed by atoms with Crippen LogP contribution >= 0.6 is 0 Å². The fourth-order valence-electron chi connectivity index (χ4n) is 2.03. The minimum Gasteiger partial charge on any atom is -0.380 e. The van der Waals surface area contributed by atoms with Gasteiger partial charge in [-0.2, -0.15) is 0 Å². The van der Waals surface area contributed by atoms with Crippen LogP contribution in [0.5, 0.6) is 0 Å². The molecule has 1 aromatic heterocycles. The average Bonchev–Trinajstić information content (AvgIpc) is 2.55. The van der Waals surface area contributed by atoms with Crippen LogP contribution in [0.4, 0.5) is 11.6 Å². The fraction of sp³-hybridized carbons (Fsp3) is 0.643. The van der Waals surface area contributed by atoms with E-state index in [1.807, 2.05) is 6.07 Å². The average molecular weight is 249 g/mol. The molecule has 1 saturated heterocycles. The molecule has 0 saturated carbocycles. The highest BCUT2D eigenvalue weighted by molar-refractivity contribution is 5.48. The number of hydrogen-bond acceptors (Lipinski definition) is 4. The molecule has 4 heteroatoms. The van der Waals surface area contributed by atoms with Gasteiger partial charge in [0.2, 0.25) is 0 Å². The van der Waals surface area contributed by atoms with Crippen molar-refractivity contribution in [3.63, 3.8) is 0 Å². The number of ether oxygens (including phenoxy) is 1. The first kappa shape index (κ1) is 13.1. The van der Waals surface area contributed by atoms with Crippen molar-refractivity contribution in [3.05, 3.63) is 18.2 Å². The van der Waals surface area contributed by atoms with Crippen LogP contribution in [0.25, 0.3) is 0 Å². The molecule has 2 heterocycles. The van der Waals surface area contributed by atoms with Crippen LogP contribution in [0.3, 0.4) is 0 Å². The Morgan fingerprint density at radius 2 is 2.06 bits per heavy atom. The summed E-state index contributed by atoms with van der Waals surface area (Å²) in [5.74, 6) is 1.97. The molecule has 0 atom stereocenters. The van der Waals surface area contributed by atoms with E-state index >= 15 is 0 Å². The molecular formula is C14H23N3O. The largest absolute Gasteiger partial charge is 0.380 e. The minimum absolute atomic E-state index is 0.0352. The van der Waals surface area contributed by atoms with Crippen molar-refractivity contribution in [2.24, 2.45) is 0 Å². The van der Waals surface area contributed by atoms with Crippen LogP contribution in [-0.2, 0) is 4.74 Å². The molecule has 18 heavy (non-hydrogen) atoms. The van der Waals surface area contributed by atoms with Crippen LogP contribution in [0, 0.1) is 0 Å². The van der Waals surface area contributed by atoms with Gasteiger partial charge in [0.05, 0.1) is 6.61 Å². The van der Waals surface area contributed by atoms with Crippen LogP contribution in [0.2, 0.25) is 0 Å². The summed E-state index contributed by atoms with van der Waals surface area (Å²) in [5, 5.41) is 3.41. The summed E-state index contributed by atoms with van der Waals surface area (Å²) >= 11 is 0. The SMILES string of the molecule is CC(C)(C)Nc1cccc(N2CCCOCC2)n1. The lowest BCUT2D eigenvalue weighted by Crippen LogP contribution is -2.29. The number of anilines is 2. The fourth-order valence-corrected chi connectivity index (χ4v) is 2.03. The number of hydrogen-bond donors (Lipinski definition) is 1. The first-order valence-corrected chi connectivity index (χ1v) is 6.62. The maximum absolute atomic E-state index is 5.47. The minimum atomic E-state index is 0.0352. The first-order valence-electron chi connectivity index (χ1n) is 6.62. The molecule has 0 aromatic carbocycles. The van der Waals surface area contributed by atoms with Gasteiger partial charge >= 0.3 is 0 Å². The Balaban J connectivity index is 2.10. The summed E-state index contributed by atoms with van der Waals surface area (Å²) in [4.78, 5) is 6.98. The normalized spacial score (nSPS) is 17.4. The van der Waals surface area contributed by atoms with Gasteiger partial charge in [0.25, 0.3) is 0 Å². The van der Waals surface area contributed by atoms with E-state index in [0.29, 0.717) is 0 Å². The molecule has 1 aromatic rings. The van der Waals surface area contributed by atoms with Crippen LogP contribution in [-0.4, -0.2) is 36.8 Å². The van der Waals surface area contributed by atoms with Crippen molar-refractivity contribution in [2.45, 2.75) is 32.7 Å². The lowest BCUT2D eigenvalue weighted by atomic mass is 10.1. The Hall–Kier alpha value is -1.29. The van der Waals surface area contributed by atoms with Gasteiger partial charge in [0, 0.05) is 25.2 Å². The molecular weight excluding hydrogens is 226 g/mol. The summed E-state index contributed by atoms with van der Waals surface area (Å²) in [5.41, 5.74) is 0.0352. The molecule has 0 spiro atoms. The van der Waals surface area contributed by atoms with Crippen molar-refractivity contribution in [3.8, 4) is 0 Å². The molecule has 0 radical (unpaired) electrons. The van der Waals surface area contributed by atoms with Crippen LogP contribution in [0.1, 0.15) is 27.2 Å². The Kier molecular flexibility index (Phi) is 4.07. The Labute approximate surface area is 109 Å². The molecule has 1 aliphatic heterocycles. The molecule has 0 amide bonds. The van der Waals surface area contributed by atoms with Gasteiger partial charge in [-0.1, -0.05) is 6.07 Å². The third-order valence-corrected chi connectivity index (χ3v) is 2.78. The van der Waals surface area contributed by atoms with E-state index < -0.39 is 0 Å². The molecule has 0 bridgehead atoms. The van der Waals surface area contributed by atoms with E-state index in [2.05, 4.69) is 48.1 Å². The van der Waals surface area contributed by atoms with E-state index in [1.165, 1.54) is 0 Å². The number of pyridine rings is 1. The first-order chi connectivity index (χ1) is 8.54. The lowest BCUT2D eigenvalue weighted by molar-refractivity contribution is 0.152. The van der Waals surface area contributed by atoms with E-state index in [-0.39, 0.29) is 5.54 Å². The predicted octanol–water partition coefficient (Wildman–Crippen LogP) is 2.52. The zero-order valence-electron chi connectivity index (χ0n) is 11.6. The van der Waals surface area contributed by atoms with Gasteiger partial charge in [-0.3, -0.25) is 0 Å². The quantitative estimate of drug-likeness (QED) is 0.874. The van der Waals surface area contributed by atoms with Gasteiger partial charge < -0.3 is 15.0 Å². The molecule has 1 N–H and O–H groups in total. The van der Waals surface area contributed by atoms with E-state index in [9.17, 15) is 0 Å². The number of aromatic nitrogens is 1. The van der Waals surface area contributed by atoms with Gasteiger partial charge in [0.15, 0.2) is 0 Å². The third-order valence-electron chi connectivity index (χ3n) is 2.78. The van der Waals surface area contributed by atoms with Crippen LogP contribution < -0.4 is 10.2 Å². The maximum atomic E-state index is 5.47. The van der Waals surface area contributed by atoms with Crippen molar-refractivity contribution >= 4 is 11.6 Å². The summed E-state index contributed by atoms with van der Waals surface area (Å²) in [6, 6.07) is 6.14. The Bertz CT molecular complexity index is 379. The van der Waals surface area contributed by atoms with Crippen molar-refractivity contribution in [1.82, 2.24) is 4.98 Å². The van der Waals surface area contributed by atoms with Crippen molar-refractivity contribution in [2.75, 3.05) is 36.5 Å². The second-order valence-electron chi connectivity index (χ2n) is 5.71. The topological polar surface area (TPSA) is 37.4 Å². The molecule has 1 aliphatic rings. The molecule has 2 rings (SSSR count).